The molecule has 98 valence electrons. The molecular formula is C17H13NO2. The van der Waals surface area contributed by atoms with Gasteiger partial charge in [0.1, 0.15) is 0 Å². The number of ether oxygens (including phenoxy) is 1. The highest BCUT2D eigenvalue weighted by molar-refractivity contribution is 5.95. The molecule has 1 aromatic heterocycles. The fourth-order valence-electron chi connectivity index (χ4n) is 2.12. The van der Waals surface area contributed by atoms with Crippen LogP contribution in [0.2, 0.25) is 0 Å². The fraction of sp³-hybridized carbons (Fsp3) is 0.0588. The van der Waals surface area contributed by atoms with Gasteiger partial charge in [0.05, 0.1) is 11.8 Å². The summed E-state index contributed by atoms with van der Waals surface area (Å²) in [5, 5.41) is 1.88. The maximum absolute atomic E-state index is 12.1. The third-order valence-electron chi connectivity index (χ3n) is 3.17. The van der Waals surface area contributed by atoms with Crippen LogP contribution in [0.15, 0.2) is 60.8 Å². The van der Waals surface area contributed by atoms with Gasteiger partial charge in [-0.25, -0.2) is 4.79 Å². The van der Waals surface area contributed by atoms with E-state index in [4.69, 9.17) is 4.74 Å². The van der Waals surface area contributed by atoms with E-state index in [0.717, 1.165) is 16.5 Å². The minimum Gasteiger partial charge on any atom is -0.421 e. The zero-order valence-corrected chi connectivity index (χ0v) is 11.0. The zero-order valence-electron chi connectivity index (χ0n) is 11.0. The van der Waals surface area contributed by atoms with E-state index in [1.165, 1.54) is 0 Å². The average Bonchev–Trinajstić information content (AvgIpc) is 2.51. The molecule has 3 aromatic rings. The number of aryl methyl sites for hydroxylation is 1. The predicted octanol–water partition coefficient (Wildman–Crippen LogP) is 3.76. The molecule has 1 heterocycles. The molecule has 0 aliphatic rings. The Balaban J connectivity index is 2.00. The first kappa shape index (κ1) is 12.4. The summed E-state index contributed by atoms with van der Waals surface area (Å²) < 4.78 is 5.47. The Morgan fingerprint density at radius 2 is 1.60 bits per heavy atom. The number of nitrogens with zero attached hydrogens (tertiary/aromatic N) is 1. The van der Waals surface area contributed by atoms with Crippen LogP contribution in [0, 0.1) is 6.92 Å². The van der Waals surface area contributed by atoms with Crippen molar-refractivity contribution in [2.45, 2.75) is 6.92 Å². The first-order valence-electron chi connectivity index (χ1n) is 6.37. The average molecular weight is 263 g/mol. The number of hydrogen-bond acceptors (Lipinski definition) is 3. The summed E-state index contributed by atoms with van der Waals surface area (Å²) in [5.41, 5.74) is 1.44. The lowest BCUT2D eigenvalue weighted by atomic mass is 10.1. The molecule has 0 fully saturated rings. The minimum absolute atomic E-state index is 0.374. The Hall–Kier alpha value is -2.68. The number of fused-ring (bicyclic) bond motifs is 1. The van der Waals surface area contributed by atoms with E-state index in [-0.39, 0.29) is 5.97 Å². The Labute approximate surface area is 116 Å². The molecule has 3 heteroatoms. The van der Waals surface area contributed by atoms with Crippen LogP contribution < -0.4 is 4.74 Å². The van der Waals surface area contributed by atoms with Gasteiger partial charge in [-0.2, -0.15) is 0 Å². The SMILES string of the molecule is Cc1ncc(OC(=O)c2ccccc2)c2ccccc12. The lowest BCUT2D eigenvalue weighted by Crippen LogP contribution is -2.08. The van der Waals surface area contributed by atoms with Gasteiger partial charge >= 0.3 is 5.97 Å². The summed E-state index contributed by atoms with van der Waals surface area (Å²) in [6, 6.07) is 16.7. The van der Waals surface area contributed by atoms with Crippen molar-refractivity contribution in [3.8, 4) is 5.75 Å². The van der Waals surface area contributed by atoms with E-state index in [1.807, 2.05) is 49.4 Å². The second-order valence-corrected chi connectivity index (χ2v) is 4.51. The van der Waals surface area contributed by atoms with Crippen molar-refractivity contribution in [3.05, 3.63) is 72.1 Å². The van der Waals surface area contributed by atoms with E-state index in [0.29, 0.717) is 11.3 Å². The third kappa shape index (κ3) is 2.26. The van der Waals surface area contributed by atoms with Crippen molar-refractivity contribution in [2.24, 2.45) is 0 Å². The molecule has 0 spiro atoms. The summed E-state index contributed by atoms with van der Waals surface area (Å²) in [5.74, 6) is 0.112. The zero-order chi connectivity index (χ0) is 13.9. The fourth-order valence-corrected chi connectivity index (χ4v) is 2.12. The van der Waals surface area contributed by atoms with Crippen LogP contribution >= 0.6 is 0 Å². The maximum atomic E-state index is 12.1. The van der Waals surface area contributed by atoms with Gasteiger partial charge in [0.25, 0.3) is 0 Å². The second kappa shape index (κ2) is 5.13. The number of carbonyl (C=O) groups is 1. The standard InChI is InChI=1S/C17H13NO2/c1-12-14-9-5-6-10-15(14)16(11-18-12)20-17(19)13-7-3-2-4-8-13/h2-11H,1H3. The van der Waals surface area contributed by atoms with Gasteiger partial charge < -0.3 is 4.74 Å². The molecule has 0 N–H and O–H groups in total. The molecule has 2 aromatic carbocycles. The topological polar surface area (TPSA) is 39.2 Å². The van der Waals surface area contributed by atoms with Crippen LogP contribution in [0.5, 0.6) is 5.75 Å². The summed E-state index contributed by atoms with van der Waals surface area (Å²) in [7, 11) is 0. The summed E-state index contributed by atoms with van der Waals surface area (Å²) in [6.07, 6.45) is 1.60. The lowest BCUT2D eigenvalue weighted by molar-refractivity contribution is 0.0736. The molecule has 3 rings (SSSR count). The van der Waals surface area contributed by atoms with Crippen LogP contribution in [0.25, 0.3) is 10.8 Å². The number of benzene rings is 2. The Morgan fingerprint density at radius 1 is 0.950 bits per heavy atom. The molecule has 0 amide bonds. The summed E-state index contributed by atoms with van der Waals surface area (Å²) in [6.45, 7) is 1.94. The molecule has 0 saturated heterocycles. The van der Waals surface area contributed by atoms with Crippen LogP contribution in [-0.2, 0) is 0 Å². The maximum Gasteiger partial charge on any atom is 0.343 e. The second-order valence-electron chi connectivity index (χ2n) is 4.51. The van der Waals surface area contributed by atoms with Crippen molar-refractivity contribution >= 4 is 16.7 Å². The van der Waals surface area contributed by atoms with Gasteiger partial charge in [-0.3, -0.25) is 4.98 Å². The predicted molar refractivity (Wildman–Crippen MR) is 77.9 cm³/mol. The van der Waals surface area contributed by atoms with Gasteiger partial charge in [0.2, 0.25) is 0 Å². The Bertz CT molecular complexity index is 766. The quantitative estimate of drug-likeness (QED) is 0.661. The third-order valence-corrected chi connectivity index (χ3v) is 3.17. The summed E-state index contributed by atoms with van der Waals surface area (Å²) in [4.78, 5) is 16.4. The first-order valence-corrected chi connectivity index (χ1v) is 6.37. The van der Waals surface area contributed by atoms with Crippen LogP contribution in [0.4, 0.5) is 0 Å². The van der Waals surface area contributed by atoms with Gasteiger partial charge in [0.15, 0.2) is 5.75 Å². The first-order chi connectivity index (χ1) is 9.75. The van der Waals surface area contributed by atoms with Crippen molar-refractivity contribution < 1.29 is 9.53 Å². The van der Waals surface area contributed by atoms with E-state index < -0.39 is 0 Å². The molecule has 0 radical (unpaired) electrons. The van der Waals surface area contributed by atoms with E-state index in [9.17, 15) is 4.79 Å². The van der Waals surface area contributed by atoms with Crippen molar-refractivity contribution in [1.29, 1.82) is 0 Å². The van der Waals surface area contributed by atoms with Crippen LogP contribution in [0.1, 0.15) is 16.1 Å². The highest BCUT2D eigenvalue weighted by atomic mass is 16.5. The molecule has 0 aliphatic carbocycles. The molecule has 3 nitrogen and oxygen atoms in total. The molecule has 0 atom stereocenters. The van der Waals surface area contributed by atoms with Crippen molar-refractivity contribution in [1.82, 2.24) is 4.98 Å². The number of rotatable bonds is 2. The van der Waals surface area contributed by atoms with Crippen molar-refractivity contribution in [2.75, 3.05) is 0 Å². The number of aromatic nitrogens is 1. The summed E-state index contributed by atoms with van der Waals surface area (Å²) >= 11 is 0. The molecule has 0 unspecified atom stereocenters. The van der Waals surface area contributed by atoms with Crippen LogP contribution in [0.3, 0.4) is 0 Å². The molecule has 20 heavy (non-hydrogen) atoms. The minimum atomic E-state index is -0.374. The number of hydrogen-bond donors (Lipinski definition) is 0. The highest BCUT2D eigenvalue weighted by Crippen LogP contribution is 2.26. The van der Waals surface area contributed by atoms with E-state index in [1.54, 1.807) is 18.3 Å². The van der Waals surface area contributed by atoms with Crippen LogP contribution in [-0.4, -0.2) is 11.0 Å². The lowest BCUT2D eigenvalue weighted by Gasteiger charge is -2.08. The highest BCUT2D eigenvalue weighted by Gasteiger charge is 2.11. The van der Waals surface area contributed by atoms with Gasteiger partial charge in [-0.15, -0.1) is 0 Å². The van der Waals surface area contributed by atoms with E-state index >= 15 is 0 Å². The normalized spacial score (nSPS) is 10.4. The van der Waals surface area contributed by atoms with Gasteiger partial charge in [0, 0.05) is 16.5 Å². The molecule has 0 aliphatic heterocycles. The molecule has 0 bridgehead atoms. The Kier molecular flexibility index (Phi) is 3.17. The largest absolute Gasteiger partial charge is 0.421 e. The number of esters is 1. The van der Waals surface area contributed by atoms with E-state index in [2.05, 4.69) is 4.98 Å². The Morgan fingerprint density at radius 3 is 2.35 bits per heavy atom. The van der Waals surface area contributed by atoms with Gasteiger partial charge in [-0.05, 0) is 19.1 Å². The van der Waals surface area contributed by atoms with Gasteiger partial charge in [-0.1, -0.05) is 42.5 Å². The molecule has 0 saturated carbocycles. The van der Waals surface area contributed by atoms with Crippen molar-refractivity contribution in [3.63, 3.8) is 0 Å². The smallest absolute Gasteiger partial charge is 0.343 e. The monoisotopic (exact) mass is 263 g/mol. The molecular weight excluding hydrogens is 250 g/mol. The number of carbonyl (C=O) groups excluding carboxylic acids is 1. The number of pyridine rings is 1.